The van der Waals surface area contributed by atoms with E-state index in [1.54, 1.807) is 6.92 Å². The van der Waals surface area contributed by atoms with E-state index in [0.717, 1.165) is 6.54 Å². The number of nitrogens with zero attached hydrogens (tertiary/aromatic N) is 1. The lowest BCUT2D eigenvalue weighted by molar-refractivity contribution is -0.128. The molecule has 0 aromatic heterocycles. The van der Waals surface area contributed by atoms with E-state index in [1.807, 2.05) is 11.9 Å². The number of hydrogen-bond acceptors (Lipinski definition) is 1. The molecule has 78 valence electrons. The smallest absolute Gasteiger partial charge is 0.219 e. The molecule has 0 saturated carbocycles. The van der Waals surface area contributed by atoms with Crippen LogP contribution in [0.4, 0.5) is 0 Å². The maximum Gasteiger partial charge on any atom is 0.219 e. The second-order valence-corrected chi connectivity index (χ2v) is 3.84. The lowest BCUT2D eigenvalue weighted by Gasteiger charge is -2.22. The Hall–Kier alpha value is -0.530. The van der Waals surface area contributed by atoms with Gasteiger partial charge in [-0.05, 0) is 18.8 Å². The first-order valence-corrected chi connectivity index (χ1v) is 5.33. The van der Waals surface area contributed by atoms with Crippen molar-refractivity contribution in [2.75, 3.05) is 13.6 Å². The molecular weight excluding hydrogens is 162 g/mol. The molecule has 0 fully saturated rings. The van der Waals surface area contributed by atoms with Gasteiger partial charge in [0, 0.05) is 20.5 Å². The third kappa shape index (κ3) is 5.67. The molecule has 0 aromatic carbocycles. The lowest BCUT2D eigenvalue weighted by atomic mass is 9.98. The van der Waals surface area contributed by atoms with Gasteiger partial charge >= 0.3 is 0 Å². The van der Waals surface area contributed by atoms with Gasteiger partial charge in [0.05, 0.1) is 0 Å². The quantitative estimate of drug-likeness (QED) is 0.623. The molecule has 0 aliphatic carbocycles. The van der Waals surface area contributed by atoms with Crippen LogP contribution in [0.1, 0.15) is 46.5 Å². The molecule has 0 N–H and O–H groups in total. The molecule has 0 rings (SSSR count). The van der Waals surface area contributed by atoms with E-state index < -0.39 is 0 Å². The zero-order valence-electron chi connectivity index (χ0n) is 9.47. The average molecular weight is 185 g/mol. The van der Waals surface area contributed by atoms with Crippen molar-refractivity contribution in [3.63, 3.8) is 0 Å². The SMILES string of the molecule is CCCC(CCC)CN(C)C(C)=O. The summed E-state index contributed by atoms with van der Waals surface area (Å²) < 4.78 is 0. The molecule has 0 radical (unpaired) electrons. The zero-order chi connectivity index (χ0) is 10.3. The number of carbonyl (C=O) groups excluding carboxylic acids is 1. The van der Waals surface area contributed by atoms with E-state index >= 15 is 0 Å². The van der Waals surface area contributed by atoms with Crippen LogP contribution in [0.3, 0.4) is 0 Å². The molecular formula is C11H23NO. The molecule has 2 heteroatoms. The van der Waals surface area contributed by atoms with Gasteiger partial charge in [-0.25, -0.2) is 0 Å². The first-order valence-electron chi connectivity index (χ1n) is 5.33. The highest BCUT2D eigenvalue weighted by atomic mass is 16.2. The Morgan fingerprint density at radius 3 is 2.00 bits per heavy atom. The fourth-order valence-electron chi connectivity index (χ4n) is 1.66. The average Bonchev–Trinajstić information content (AvgIpc) is 2.05. The van der Waals surface area contributed by atoms with Crippen LogP contribution >= 0.6 is 0 Å². The summed E-state index contributed by atoms with van der Waals surface area (Å²) in [6.07, 6.45) is 4.92. The molecule has 0 unspecified atom stereocenters. The summed E-state index contributed by atoms with van der Waals surface area (Å²) in [5, 5.41) is 0. The number of rotatable bonds is 6. The van der Waals surface area contributed by atoms with Gasteiger partial charge in [0.1, 0.15) is 0 Å². The Bertz CT molecular complexity index is 139. The van der Waals surface area contributed by atoms with E-state index in [4.69, 9.17) is 0 Å². The van der Waals surface area contributed by atoms with Gasteiger partial charge in [-0.3, -0.25) is 4.79 Å². The first kappa shape index (κ1) is 12.5. The van der Waals surface area contributed by atoms with Crippen LogP contribution in [0.15, 0.2) is 0 Å². The minimum absolute atomic E-state index is 0.178. The number of carbonyl (C=O) groups is 1. The Balaban J connectivity index is 3.85. The summed E-state index contributed by atoms with van der Waals surface area (Å²) in [7, 11) is 1.89. The van der Waals surface area contributed by atoms with Crippen LogP contribution in [0.5, 0.6) is 0 Å². The maximum atomic E-state index is 11.0. The Morgan fingerprint density at radius 1 is 1.23 bits per heavy atom. The van der Waals surface area contributed by atoms with E-state index in [1.165, 1.54) is 25.7 Å². The molecule has 0 saturated heterocycles. The van der Waals surface area contributed by atoms with Crippen molar-refractivity contribution in [1.29, 1.82) is 0 Å². The highest BCUT2D eigenvalue weighted by molar-refractivity contribution is 5.72. The standard InChI is InChI=1S/C11H23NO/c1-5-7-11(8-6-2)9-12(4)10(3)13/h11H,5-9H2,1-4H3. The summed E-state index contributed by atoms with van der Waals surface area (Å²) >= 11 is 0. The van der Waals surface area contributed by atoms with E-state index in [0.29, 0.717) is 5.92 Å². The molecule has 0 heterocycles. The zero-order valence-corrected chi connectivity index (χ0v) is 9.47. The first-order chi connectivity index (χ1) is 6.11. The summed E-state index contributed by atoms with van der Waals surface area (Å²) in [5.41, 5.74) is 0. The fourth-order valence-corrected chi connectivity index (χ4v) is 1.66. The van der Waals surface area contributed by atoms with Crippen LogP contribution in [0.2, 0.25) is 0 Å². The van der Waals surface area contributed by atoms with Crippen LogP contribution in [-0.4, -0.2) is 24.4 Å². The molecule has 0 spiro atoms. The van der Waals surface area contributed by atoms with Gasteiger partial charge in [-0.15, -0.1) is 0 Å². The normalized spacial score (nSPS) is 10.5. The third-order valence-corrected chi connectivity index (χ3v) is 2.46. The van der Waals surface area contributed by atoms with Crippen molar-refractivity contribution >= 4 is 5.91 Å². The Morgan fingerprint density at radius 2 is 1.69 bits per heavy atom. The second-order valence-electron chi connectivity index (χ2n) is 3.84. The Kier molecular flexibility index (Phi) is 6.65. The summed E-state index contributed by atoms with van der Waals surface area (Å²) in [6.45, 7) is 6.97. The van der Waals surface area contributed by atoms with Crippen LogP contribution in [0, 0.1) is 5.92 Å². The molecule has 0 bridgehead atoms. The summed E-state index contributed by atoms with van der Waals surface area (Å²) in [5.74, 6) is 0.876. The number of hydrogen-bond donors (Lipinski definition) is 0. The molecule has 0 aromatic rings. The summed E-state index contributed by atoms with van der Waals surface area (Å²) in [6, 6.07) is 0. The van der Waals surface area contributed by atoms with Crippen molar-refractivity contribution in [1.82, 2.24) is 4.90 Å². The highest BCUT2D eigenvalue weighted by Crippen LogP contribution is 2.14. The van der Waals surface area contributed by atoms with Gasteiger partial charge in [-0.2, -0.15) is 0 Å². The largest absolute Gasteiger partial charge is 0.346 e. The summed E-state index contributed by atoms with van der Waals surface area (Å²) in [4.78, 5) is 12.8. The molecule has 2 nitrogen and oxygen atoms in total. The van der Waals surface area contributed by atoms with Gasteiger partial charge in [0.15, 0.2) is 0 Å². The van der Waals surface area contributed by atoms with Crippen molar-refractivity contribution < 1.29 is 4.79 Å². The lowest BCUT2D eigenvalue weighted by Crippen LogP contribution is -2.29. The van der Waals surface area contributed by atoms with Gasteiger partial charge in [-0.1, -0.05) is 26.7 Å². The van der Waals surface area contributed by atoms with Crippen molar-refractivity contribution in [3.8, 4) is 0 Å². The maximum absolute atomic E-state index is 11.0. The van der Waals surface area contributed by atoms with Crippen molar-refractivity contribution in [2.45, 2.75) is 46.5 Å². The minimum Gasteiger partial charge on any atom is -0.346 e. The monoisotopic (exact) mass is 185 g/mol. The molecule has 0 aliphatic heterocycles. The van der Waals surface area contributed by atoms with Gasteiger partial charge < -0.3 is 4.90 Å². The van der Waals surface area contributed by atoms with Crippen molar-refractivity contribution in [2.24, 2.45) is 5.92 Å². The molecule has 13 heavy (non-hydrogen) atoms. The molecule has 0 aliphatic rings. The second kappa shape index (κ2) is 6.93. The van der Waals surface area contributed by atoms with Gasteiger partial charge in [0.2, 0.25) is 5.91 Å². The van der Waals surface area contributed by atoms with Crippen LogP contribution in [0.25, 0.3) is 0 Å². The molecule has 1 amide bonds. The third-order valence-electron chi connectivity index (χ3n) is 2.46. The van der Waals surface area contributed by atoms with Crippen molar-refractivity contribution in [3.05, 3.63) is 0 Å². The minimum atomic E-state index is 0.178. The van der Waals surface area contributed by atoms with E-state index in [-0.39, 0.29) is 5.91 Å². The van der Waals surface area contributed by atoms with Gasteiger partial charge in [0.25, 0.3) is 0 Å². The number of amides is 1. The topological polar surface area (TPSA) is 20.3 Å². The van der Waals surface area contributed by atoms with Crippen LogP contribution < -0.4 is 0 Å². The highest BCUT2D eigenvalue weighted by Gasteiger charge is 2.11. The predicted octanol–water partition coefficient (Wildman–Crippen LogP) is 2.68. The van der Waals surface area contributed by atoms with E-state index in [9.17, 15) is 4.79 Å². The van der Waals surface area contributed by atoms with Crippen LogP contribution in [-0.2, 0) is 4.79 Å². The predicted molar refractivity (Wildman–Crippen MR) is 56.6 cm³/mol. The Labute approximate surface area is 82.3 Å². The molecule has 0 atom stereocenters. The fraction of sp³-hybridized carbons (Fsp3) is 0.909. The van der Waals surface area contributed by atoms with E-state index in [2.05, 4.69) is 13.8 Å².